The Morgan fingerprint density at radius 1 is 1.09 bits per heavy atom. The van der Waals surface area contributed by atoms with Crippen molar-refractivity contribution in [2.45, 2.75) is 90.7 Å². The fourth-order valence-corrected chi connectivity index (χ4v) is 7.83. The summed E-state index contributed by atoms with van der Waals surface area (Å²) in [5.41, 5.74) is 1.57. The van der Waals surface area contributed by atoms with Gasteiger partial charge in [0.05, 0.1) is 19.2 Å². The summed E-state index contributed by atoms with van der Waals surface area (Å²) in [4.78, 5) is 36.8. The summed E-state index contributed by atoms with van der Waals surface area (Å²) in [5, 5.41) is 2.78. The number of hydrogen-bond donors (Lipinski definition) is 1. The van der Waals surface area contributed by atoms with Crippen LogP contribution >= 0.6 is 0 Å². The molecule has 0 bridgehead atoms. The van der Waals surface area contributed by atoms with E-state index in [1.807, 2.05) is 6.08 Å². The third-order valence-corrected chi connectivity index (χ3v) is 9.74. The summed E-state index contributed by atoms with van der Waals surface area (Å²) >= 11 is 0. The number of furan rings is 1. The third kappa shape index (κ3) is 4.14. The van der Waals surface area contributed by atoms with Gasteiger partial charge >= 0.3 is 5.97 Å². The van der Waals surface area contributed by atoms with Gasteiger partial charge in [0.2, 0.25) is 5.91 Å². The van der Waals surface area contributed by atoms with Gasteiger partial charge in [-0.2, -0.15) is 0 Å². The second kappa shape index (κ2) is 9.01. The molecule has 0 saturated heterocycles. The minimum atomic E-state index is -0.270. The molecule has 184 valence electrons. The van der Waals surface area contributed by atoms with Crippen LogP contribution in [0, 0.1) is 28.6 Å². The van der Waals surface area contributed by atoms with Gasteiger partial charge in [-0.15, -0.1) is 0 Å². The van der Waals surface area contributed by atoms with Crippen LogP contribution in [0.15, 0.2) is 34.5 Å². The van der Waals surface area contributed by atoms with Gasteiger partial charge in [-0.1, -0.05) is 19.4 Å². The SMILES string of the molecule is CC12CCC(=O)C=C1CCC1C2CCC2(C)C(OC(=O)CCC(=O)NCc3ccco3)CCC12. The number of fused-ring (bicyclic) bond motifs is 5. The Labute approximate surface area is 201 Å². The largest absolute Gasteiger partial charge is 0.467 e. The number of allylic oxidation sites excluding steroid dienone is 1. The Kier molecular flexibility index (Phi) is 6.19. The highest BCUT2D eigenvalue weighted by molar-refractivity contribution is 5.91. The molecular formula is C28H37NO5. The van der Waals surface area contributed by atoms with E-state index in [2.05, 4.69) is 19.2 Å². The molecule has 1 N–H and O–H groups in total. The van der Waals surface area contributed by atoms with Gasteiger partial charge in [0, 0.05) is 18.3 Å². The van der Waals surface area contributed by atoms with E-state index >= 15 is 0 Å². The monoisotopic (exact) mass is 467 g/mol. The van der Waals surface area contributed by atoms with Crippen molar-refractivity contribution < 1.29 is 23.5 Å². The van der Waals surface area contributed by atoms with Crippen LogP contribution in [0.3, 0.4) is 0 Å². The number of esters is 1. The third-order valence-electron chi connectivity index (χ3n) is 9.74. The summed E-state index contributed by atoms with van der Waals surface area (Å²) in [6.07, 6.45) is 11.8. The van der Waals surface area contributed by atoms with E-state index in [1.54, 1.807) is 18.4 Å². The van der Waals surface area contributed by atoms with Crippen molar-refractivity contribution in [2.24, 2.45) is 28.6 Å². The Bertz CT molecular complexity index is 981. The average Bonchev–Trinajstić information content (AvgIpc) is 3.45. The number of nitrogens with one attached hydrogen (secondary N) is 1. The molecule has 3 fully saturated rings. The summed E-state index contributed by atoms with van der Waals surface area (Å²) in [7, 11) is 0. The Balaban J connectivity index is 1.17. The van der Waals surface area contributed by atoms with E-state index in [0.29, 0.717) is 42.3 Å². The van der Waals surface area contributed by atoms with Crippen molar-refractivity contribution in [3.05, 3.63) is 35.8 Å². The summed E-state index contributed by atoms with van der Waals surface area (Å²) in [5.74, 6) is 2.39. The van der Waals surface area contributed by atoms with Crippen LogP contribution in [-0.2, 0) is 25.7 Å². The molecule has 3 saturated carbocycles. The number of carbonyl (C=O) groups is 3. The van der Waals surface area contributed by atoms with E-state index < -0.39 is 0 Å². The molecule has 1 aromatic rings. The molecule has 6 heteroatoms. The highest BCUT2D eigenvalue weighted by atomic mass is 16.5. The lowest BCUT2D eigenvalue weighted by molar-refractivity contribution is -0.160. The molecule has 0 radical (unpaired) electrons. The Morgan fingerprint density at radius 3 is 2.74 bits per heavy atom. The smallest absolute Gasteiger partial charge is 0.306 e. The molecule has 0 aliphatic heterocycles. The fourth-order valence-electron chi connectivity index (χ4n) is 7.83. The van der Waals surface area contributed by atoms with Crippen LogP contribution in [0.2, 0.25) is 0 Å². The van der Waals surface area contributed by atoms with Crippen LogP contribution in [-0.4, -0.2) is 23.8 Å². The first-order chi connectivity index (χ1) is 16.3. The normalized spacial score (nSPS) is 36.6. The topological polar surface area (TPSA) is 85.6 Å². The van der Waals surface area contributed by atoms with Crippen molar-refractivity contribution in [1.29, 1.82) is 0 Å². The highest BCUT2D eigenvalue weighted by Gasteiger charge is 2.59. The molecule has 5 rings (SSSR count). The van der Waals surface area contributed by atoms with Gasteiger partial charge in [-0.25, -0.2) is 0 Å². The fraction of sp³-hybridized carbons (Fsp3) is 0.679. The molecule has 1 amide bonds. The maximum absolute atomic E-state index is 12.6. The van der Waals surface area contributed by atoms with Gasteiger partial charge in [0.1, 0.15) is 11.9 Å². The van der Waals surface area contributed by atoms with Crippen molar-refractivity contribution in [1.82, 2.24) is 5.32 Å². The lowest BCUT2D eigenvalue weighted by Crippen LogP contribution is -2.51. The molecule has 0 spiro atoms. The zero-order valence-corrected chi connectivity index (χ0v) is 20.4. The number of ether oxygens (including phenoxy) is 1. The summed E-state index contributed by atoms with van der Waals surface area (Å²) < 4.78 is 11.2. The van der Waals surface area contributed by atoms with Crippen molar-refractivity contribution in [3.63, 3.8) is 0 Å². The van der Waals surface area contributed by atoms with E-state index in [4.69, 9.17) is 9.15 Å². The first kappa shape index (κ1) is 23.4. The molecule has 34 heavy (non-hydrogen) atoms. The number of hydrogen-bond acceptors (Lipinski definition) is 5. The van der Waals surface area contributed by atoms with Gasteiger partial charge in [-0.05, 0) is 86.3 Å². The highest BCUT2D eigenvalue weighted by Crippen LogP contribution is 2.65. The molecule has 4 aliphatic rings. The Hall–Kier alpha value is -2.37. The van der Waals surface area contributed by atoms with Crippen molar-refractivity contribution >= 4 is 17.7 Å². The molecule has 6 unspecified atom stereocenters. The average molecular weight is 468 g/mol. The maximum Gasteiger partial charge on any atom is 0.306 e. The predicted molar refractivity (Wildman–Crippen MR) is 126 cm³/mol. The zero-order valence-electron chi connectivity index (χ0n) is 20.4. The minimum absolute atomic E-state index is 0.0143. The molecule has 4 aliphatic carbocycles. The predicted octanol–water partition coefficient (Wildman–Crippen LogP) is 5.12. The van der Waals surface area contributed by atoms with E-state index in [-0.39, 0.29) is 41.7 Å². The van der Waals surface area contributed by atoms with Crippen LogP contribution in [0.25, 0.3) is 0 Å². The summed E-state index contributed by atoms with van der Waals surface area (Å²) in [6.45, 7) is 5.05. The second-order valence-corrected chi connectivity index (χ2v) is 11.4. The lowest BCUT2D eigenvalue weighted by Gasteiger charge is -2.57. The van der Waals surface area contributed by atoms with E-state index in [1.165, 1.54) is 5.57 Å². The lowest BCUT2D eigenvalue weighted by atomic mass is 9.47. The molecule has 0 aromatic carbocycles. The number of rotatable bonds is 6. The first-order valence-electron chi connectivity index (χ1n) is 13.0. The van der Waals surface area contributed by atoms with E-state index in [9.17, 15) is 14.4 Å². The van der Waals surface area contributed by atoms with Crippen LogP contribution in [0.1, 0.15) is 83.8 Å². The number of amides is 1. The molecule has 6 atom stereocenters. The van der Waals surface area contributed by atoms with Crippen LogP contribution in [0.4, 0.5) is 0 Å². The van der Waals surface area contributed by atoms with E-state index in [0.717, 1.165) is 44.9 Å². The molecular weight excluding hydrogens is 430 g/mol. The Morgan fingerprint density at radius 2 is 1.94 bits per heavy atom. The van der Waals surface area contributed by atoms with Gasteiger partial charge < -0.3 is 14.5 Å². The molecule has 1 heterocycles. The quantitative estimate of drug-likeness (QED) is 0.587. The zero-order chi connectivity index (χ0) is 23.9. The van der Waals surface area contributed by atoms with Gasteiger partial charge in [0.15, 0.2) is 5.78 Å². The second-order valence-electron chi connectivity index (χ2n) is 11.4. The number of carbonyl (C=O) groups excluding carboxylic acids is 3. The van der Waals surface area contributed by atoms with Gasteiger partial charge in [0.25, 0.3) is 0 Å². The molecule has 1 aromatic heterocycles. The number of ketones is 1. The van der Waals surface area contributed by atoms with Gasteiger partial charge in [-0.3, -0.25) is 14.4 Å². The summed E-state index contributed by atoms with van der Waals surface area (Å²) in [6, 6.07) is 3.58. The maximum atomic E-state index is 12.6. The van der Waals surface area contributed by atoms with Crippen LogP contribution < -0.4 is 5.32 Å². The standard InChI is InChI=1S/C28H37NO5/c1-27-13-11-19(30)16-18(27)5-6-21-22-7-8-24(28(22,2)14-12-23(21)27)34-26(32)10-9-25(31)29-17-20-4-3-15-33-20/h3-4,15-16,21-24H,5-14,17H2,1-2H3,(H,29,31). The van der Waals surface area contributed by atoms with Crippen molar-refractivity contribution in [3.8, 4) is 0 Å². The minimum Gasteiger partial charge on any atom is -0.467 e. The van der Waals surface area contributed by atoms with Crippen molar-refractivity contribution in [2.75, 3.05) is 0 Å². The molecule has 6 nitrogen and oxygen atoms in total. The van der Waals surface area contributed by atoms with Crippen LogP contribution in [0.5, 0.6) is 0 Å². The first-order valence-corrected chi connectivity index (χ1v) is 13.0.